The number of nitrogens with one attached hydrogen (secondary N) is 1. The molecule has 1 rings (SSSR count). The third kappa shape index (κ3) is 1.12. The molecule has 0 saturated carbocycles. The van der Waals surface area contributed by atoms with Gasteiger partial charge in [-0.2, -0.15) is 0 Å². The highest BCUT2D eigenvalue weighted by Gasteiger charge is 2.13. The standard InChI is InChI=1S/C5H8N4O/c1-3(5(6)10)4-2-7-9-8-4/h2-3H,1H3,(H2,6,10)(H,7,8,9). The molecule has 5 heteroatoms. The Kier molecular flexibility index (Phi) is 1.66. The minimum absolute atomic E-state index is 0.362. The Morgan fingerprint density at radius 2 is 2.60 bits per heavy atom. The first kappa shape index (κ1) is 6.73. The second-order valence-electron chi connectivity index (χ2n) is 2.02. The first-order valence-corrected chi connectivity index (χ1v) is 2.87. The van der Waals surface area contributed by atoms with Crippen molar-refractivity contribution >= 4 is 5.91 Å². The van der Waals surface area contributed by atoms with E-state index in [-0.39, 0.29) is 5.92 Å². The SMILES string of the molecule is CC(C(N)=O)c1c[nH]nn1. The molecule has 0 spiro atoms. The third-order valence-corrected chi connectivity index (χ3v) is 1.31. The van der Waals surface area contributed by atoms with Gasteiger partial charge >= 0.3 is 0 Å². The third-order valence-electron chi connectivity index (χ3n) is 1.31. The van der Waals surface area contributed by atoms with Crippen molar-refractivity contribution in [3.63, 3.8) is 0 Å². The van der Waals surface area contributed by atoms with Gasteiger partial charge in [0, 0.05) is 6.20 Å². The van der Waals surface area contributed by atoms with Crippen LogP contribution in [0.25, 0.3) is 0 Å². The normalized spacial score (nSPS) is 12.9. The number of aromatic nitrogens is 3. The molecule has 5 nitrogen and oxygen atoms in total. The van der Waals surface area contributed by atoms with E-state index in [1.165, 1.54) is 0 Å². The maximum atomic E-state index is 10.5. The van der Waals surface area contributed by atoms with Crippen molar-refractivity contribution in [1.82, 2.24) is 15.4 Å². The van der Waals surface area contributed by atoms with Gasteiger partial charge in [0.15, 0.2) is 0 Å². The maximum Gasteiger partial charge on any atom is 0.226 e. The molecule has 54 valence electrons. The molecule has 1 aromatic rings. The Labute approximate surface area is 57.6 Å². The van der Waals surface area contributed by atoms with Crippen molar-refractivity contribution in [1.29, 1.82) is 0 Å². The quantitative estimate of drug-likeness (QED) is 0.574. The summed E-state index contributed by atoms with van der Waals surface area (Å²) >= 11 is 0. The highest BCUT2D eigenvalue weighted by atomic mass is 16.1. The Morgan fingerprint density at radius 1 is 1.90 bits per heavy atom. The monoisotopic (exact) mass is 140 g/mol. The van der Waals surface area contributed by atoms with Crippen LogP contribution < -0.4 is 5.73 Å². The Hall–Kier alpha value is -1.39. The molecule has 0 aliphatic carbocycles. The van der Waals surface area contributed by atoms with Crippen molar-refractivity contribution in [3.05, 3.63) is 11.9 Å². The van der Waals surface area contributed by atoms with E-state index in [1.54, 1.807) is 13.1 Å². The molecule has 1 aromatic heterocycles. The fourth-order valence-electron chi connectivity index (χ4n) is 0.568. The van der Waals surface area contributed by atoms with Gasteiger partial charge in [-0.15, -0.1) is 5.10 Å². The lowest BCUT2D eigenvalue weighted by molar-refractivity contribution is -0.119. The zero-order chi connectivity index (χ0) is 7.56. The van der Waals surface area contributed by atoms with Crippen LogP contribution in [0, 0.1) is 0 Å². The van der Waals surface area contributed by atoms with Crippen LogP contribution in [0.3, 0.4) is 0 Å². The van der Waals surface area contributed by atoms with Crippen LogP contribution in [0.1, 0.15) is 18.5 Å². The van der Waals surface area contributed by atoms with E-state index < -0.39 is 5.91 Å². The summed E-state index contributed by atoms with van der Waals surface area (Å²) in [5, 5.41) is 9.57. The largest absolute Gasteiger partial charge is 0.369 e. The zero-order valence-corrected chi connectivity index (χ0v) is 5.53. The zero-order valence-electron chi connectivity index (χ0n) is 5.53. The van der Waals surface area contributed by atoms with Gasteiger partial charge in [-0.25, -0.2) is 0 Å². The van der Waals surface area contributed by atoms with Crippen molar-refractivity contribution < 1.29 is 4.79 Å². The Bertz CT molecular complexity index is 218. The second-order valence-corrected chi connectivity index (χ2v) is 2.02. The van der Waals surface area contributed by atoms with Gasteiger partial charge in [-0.3, -0.25) is 9.89 Å². The van der Waals surface area contributed by atoms with E-state index in [1.807, 2.05) is 0 Å². The predicted molar refractivity (Wildman–Crippen MR) is 34.0 cm³/mol. The van der Waals surface area contributed by atoms with Gasteiger partial charge in [0.05, 0.1) is 11.6 Å². The molecule has 0 aromatic carbocycles. The lowest BCUT2D eigenvalue weighted by Crippen LogP contribution is -2.18. The first-order valence-electron chi connectivity index (χ1n) is 2.87. The average Bonchev–Trinajstić information content (AvgIpc) is 2.36. The molecule has 0 aliphatic rings. The average molecular weight is 140 g/mol. The molecule has 0 radical (unpaired) electrons. The van der Waals surface area contributed by atoms with E-state index in [0.29, 0.717) is 5.69 Å². The summed E-state index contributed by atoms with van der Waals surface area (Å²) in [6.45, 7) is 1.68. The molecule has 0 bridgehead atoms. The van der Waals surface area contributed by atoms with Crippen LogP contribution in [0.5, 0.6) is 0 Å². The second kappa shape index (κ2) is 2.47. The number of hydrogen-bond donors (Lipinski definition) is 2. The molecule has 10 heavy (non-hydrogen) atoms. The summed E-state index contributed by atoms with van der Waals surface area (Å²) in [5.41, 5.74) is 5.58. The number of aromatic amines is 1. The number of nitrogens with zero attached hydrogens (tertiary/aromatic N) is 2. The molecule has 0 saturated heterocycles. The minimum Gasteiger partial charge on any atom is -0.369 e. The van der Waals surface area contributed by atoms with Crippen LogP contribution in [-0.4, -0.2) is 21.3 Å². The van der Waals surface area contributed by atoms with E-state index in [4.69, 9.17) is 5.73 Å². The van der Waals surface area contributed by atoms with Gasteiger partial charge in [0.1, 0.15) is 0 Å². The number of primary amides is 1. The predicted octanol–water partition coefficient (Wildman–Crippen LogP) is -0.607. The number of carbonyl (C=O) groups excluding carboxylic acids is 1. The fourth-order valence-corrected chi connectivity index (χ4v) is 0.568. The Morgan fingerprint density at radius 3 is 3.00 bits per heavy atom. The van der Waals surface area contributed by atoms with Crippen LogP contribution >= 0.6 is 0 Å². The number of nitrogens with two attached hydrogens (primary N) is 1. The summed E-state index contributed by atoms with van der Waals surface area (Å²) in [7, 11) is 0. The van der Waals surface area contributed by atoms with E-state index >= 15 is 0 Å². The highest BCUT2D eigenvalue weighted by molar-refractivity contribution is 5.80. The number of hydrogen-bond acceptors (Lipinski definition) is 3. The van der Waals surface area contributed by atoms with Crippen molar-refractivity contribution in [2.24, 2.45) is 5.73 Å². The Balaban J connectivity index is 2.77. The summed E-state index contributed by atoms with van der Waals surface area (Å²) in [4.78, 5) is 10.5. The smallest absolute Gasteiger partial charge is 0.226 e. The summed E-state index contributed by atoms with van der Waals surface area (Å²) in [6.07, 6.45) is 1.55. The first-order chi connectivity index (χ1) is 4.72. The fraction of sp³-hybridized carbons (Fsp3) is 0.400. The van der Waals surface area contributed by atoms with E-state index in [9.17, 15) is 4.79 Å². The summed E-state index contributed by atoms with van der Waals surface area (Å²) in [5.74, 6) is -0.757. The van der Waals surface area contributed by atoms with Crippen molar-refractivity contribution in [3.8, 4) is 0 Å². The molecular weight excluding hydrogens is 132 g/mol. The van der Waals surface area contributed by atoms with Gasteiger partial charge in [-0.05, 0) is 6.92 Å². The topological polar surface area (TPSA) is 84.7 Å². The minimum atomic E-state index is -0.395. The lowest BCUT2D eigenvalue weighted by Gasteiger charge is -1.98. The van der Waals surface area contributed by atoms with Crippen LogP contribution in [0.15, 0.2) is 6.20 Å². The van der Waals surface area contributed by atoms with Crippen LogP contribution in [0.4, 0.5) is 0 Å². The van der Waals surface area contributed by atoms with Gasteiger partial charge in [0.2, 0.25) is 5.91 Å². The molecular formula is C5H8N4O. The highest BCUT2D eigenvalue weighted by Crippen LogP contribution is 2.07. The molecule has 0 aliphatic heterocycles. The number of H-pyrrole nitrogens is 1. The maximum absolute atomic E-state index is 10.5. The molecule has 0 fully saturated rings. The molecule has 1 atom stereocenters. The van der Waals surface area contributed by atoms with Crippen LogP contribution in [-0.2, 0) is 4.79 Å². The summed E-state index contributed by atoms with van der Waals surface area (Å²) < 4.78 is 0. The van der Waals surface area contributed by atoms with Crippen LogP contribution in [0.2, 0.25) is 0 Å². The molecule has 1 amide bonds. The van der Waals surface area contributed by atoms with E-state index in [2.05, 4.69) is 15.4 Å². The number of carbonyl (C=O) groups is 1. The number of rotatable bonds is 2. The van der Waals surface area contributed by atoms with Crippen molar-refractivity contribution in [2.75, 3.05) is 0 Å². The molecule has 3 N–H and O–H groups in total. The lowest BCUT2D eigenvalue weighted by atomic mass is 10.1. The summed E-state index contributed by atoms with van der Waals surface area (Å²) in [6, 6.07) is 0. The molecule has 1 unspecified atom stereocenters. The van der Waals surface area contributed by atoms with Crippen molar-refractivity contribution in [2.45, 2.75) is 12.8 Å². The van der Waals surface area contributed by atoms with Gasteiger partial charge < -0.3 is 5.73 Å². The molecule has 1 heterocycles. The van der Waals surface area contributed by atoms with E-state index in [0.717, 1.165) is 0 Å². The number of amides is 1. The van der Waals surface area contributed by atoms with Gasteiger partial charge in [0.25, 0.3) is 0 Å². The van der Waals surface area contributed by atoms with Gasteiger partial charge in [-0.1, -0.05) is 5.21 Å².